The van der Waals surface area contributed by atoms with E-state index in [1.807, 2.05) is 30.3 Å². The van der Waals surface area contributed by atoms with Gasteiger partial charge in [0, 0.05) is 10.8 Å². The van der Waals surface area contributed by atoms with Gasteiger partial charge in [-0.05, 0) is 47.9 Å². The third kappa shape index (κ3) is 7.06. The van der Waals surface area contributed by atoms with E-state index in [0.717, 1.165) is 29.0 Å². The number of nitrogens with two attached hydrogens (primary N) is 1. The maximum absolute atomic E-state index is 12.1. The first-order valence-corrected chi connectivity index (χ1v) is 14.2. The van der Waals surface area contributed by atoms with Gasteiger partial charge in [0.2, 0.25) is 0 Å². The van der Waals surface area contributed by atoms with Crippen LogP contribution in [-0.2, 0) is 20.2 Å². The average molecular weight is 622 g/mol. The molecule has 5 rings (SSSR count). The molecule has 0 spiro atoms. The van der Waals surface area contributed by atoms with E-state index >= 15 is 0 Å². The van der Waals surface area contributed by atoms with Gasteiger partial charge >= 0.3 is 59.1 Å². The standard InChI is InChI=1S/C26H19N5O7S2.2Na/c27-25-22(31-28-16-8-10-17(11-9-16)39(33,34)35)14-23(40(36,37)38)19-12-13-21(26(32)24(19)25)30-29-20-7-3-5-15-4-1-2-6-18(15)20;;/h1-14,32H,27H2,(H,33,34,35)(H,36,37,38);;/q;2*+1/p-2. The number of rotatable bonds is 6. The molecule has 0 heterocycles. The summed E-state index contributed by atoms with van der Waals surface area (Å²) in [4.78, 5) is -1.18. The number of nitrogen functional groups attached to an aromatic ring is 1. The molecule has 0 saturated heterocycles. The van der Waals surface area contributed by atoms with Crippen LogP contribution in [0, 0.1) is 0 Å². The molecule has 0 aliphatic rings. The minimum atomic E-state index is -5.06. The number of azo groups is 2. The Morgan fingerprint density at radius 1 is 0.643 bits per heavy atom. The van der Waals surface area contributed by atoms with Crippen molar-refractivity contribution in [3.8, 4) is 5.75 Å². The fourth-order valence-corrected chi connectivity index (χ4v) is 5.20. The number of phenolic OH excluding ortho intramolecular Hbond substituents is 1. The first-order chi connectivity index (χ1) is 18.9. The van der Waals surface area contributed by atoms with Gasteiger partial charge in [0.15, 0.2) is 5.75 Å². The maximum atomic E-state index is 12.1. The van der Waals surface area contributed by atoms with E-state index in [-0.39, 0.29) is 92.6 Å². The summed E-state index contributed by atoms with van der Waals surface area (Å²) in [6.45, 7) is 0. The maximum Gasteiger partial charge on any atom is 1.00 e. The molecule has 0 bridgehead atoms. The third-order valence-electron chi connectivity index (χ3n) is 5.94. The van der Waals surface area contributed by atoms with Gasteiger partial charge in [-0.15, -0.1) is 15.3 Å². The largest absolute Gasteiger partial charge is 1.00 e. The fourth-order valence-electron chi connectivity index (χ4n) is 4.03. The second-order valence-electron chi connectivity index (χ2n) is 8.46. The Bertz CT molecular complexity index is 2080. The molecule has 0 fully saturated rings. The Hall–Kier alpha value is -2.76. The summed E-state index contributed by atoms with van der Waals surface area (Å²) in [5.41, 5.74) is 6.32. The normalized spacial score (nSPS) is 12.0. The summed E-state index contributed by atoms with van der Waals surface area (Å²) in [6, 6.07) is 20.8. The van der Waals surface area contributed by atoms with Gasteiger partial charge in [-0.1, -0.05) is 42.5 Å². The monoisotopic (exact) mass is 621 g/mol. The summed E-state index contributed by atoms with van der Waals surface area (Å²) in [5, 5.41) is 28.6. The van der Waals surface area contributed by atoms with Gasteiger partial charge in [0.1, 0.15) is 31.6 Å². The van der Waals surface area contributed by atoms with Crippen molar-refractivity contribution < 1.29 is 90.2 Å². The molecule has 0 aliphatic carbocycles. The molecule has 0 radical (unpaired) electrons. The zero-order valence-corrected chi connectivity index (χ0v) is 27.8. The van der Waals surface area contributed by atoms with Crippen LogP contribution in [0.15, 0.2) is 115 Å². The number of nitrogens with zero attached hydrogens (tertiary/aromatic N) is 4. The van der Waals surface area contributed by atoms with Gasteiger partial charge in [0.05, 0.1) is 32.2 Å². The molecule has 5 aromatic carbocycles. The minimum absolute atomic E-state index is 0. The van der Waals surface area contributed by atoms with Crippen LogP contribution < -0.4 is 64.8 Å². The molecular formula is C26H17N5Na2O7S2. The van der Waals surface area contributed by atoms with Crippen molar-refractivity contribution in [1.82, 2.24) is 0 Å². The zero-order chi connectivity index (χ0) is 28.7. The number of aromatic hydroxyl groups is 1. The van der Waals surface area contributed by atoms with Crippen molar-refractivity contribution in [2.45, 2.75) is 9.79 Å². The third-order valence-corrected chi connectivity index (χ3v) is 7.66. The number of hydrogen-bond donors (Lipinski definition) is 2. The van der Waals surface area contributed by atoms with Crippen LogP contribution in [0.1, 0.15) is 0 Å². The van der Waals surface area contributed by atoms with E-state index in [2.05, 4.69) is 20.5 Å². The molecule has 0 atom stereocenters. The number of benzene rings is 5. The van der Waals surface area contributed by atoms with Gasteiger partial charge in [-0.3, -0.25) is 0 Å². The van der Waals surface area contributed by atoms with E-state index in [0.29, 0.717) is 5.69 Å². The fraction of sp³-hybridized carbons (Fsp3) is 0. The summed E-state index contributed by atoms with van der Waals surface area (Å²) in [5.74, 6) is -0.536. The van der Waals surface area contributed by atoms with Crippen LogP contribution in [-0.4, -0.2) is 31.0 Å². The van der Waals surface area contributed by atoms with Crippen LogP contribution in [0.4, 0.5) is 28.4 Å². The molecule has 5 aromatic rings. The first kappa shape index (κ1) is 33.7. The Labute approximate surface area is 284 Å². The van der Waals surface area contributed by atoms with Crippen LogP contribution in [0.2, 0.25) is 0 Å². The van der Waals surface area contributed by atoms with Crippen molar-refractivity contribution in [3.63, 3.8) is 0 Å². The molecule has 3 N–H and O–H groups in total. The number of hydrogen-bond acceptors (Lipinski definition) is 12. The molecule has 0 aromatic heterocycles. The first-order valence-electron chi connectivity index (χ1n) is 11.3. The van der Waals surface area contributed by atoms with E-state index in [9.17, 15) is 31.0 Å². The number of fused-ring (bicyclic) bond motifs is 2. The molecule has 42 heavy (non-hydrogen) atoms. The van der Waals surface area contributed by atoms with Crippen LogP contribution in [0.25, 0.3) is 21.5 Å². The van der Waals surface area contributed by atoms with E-state index in [1.165, 1.54) is 24.3 Å². The Morgan fingerprint density at radius 3 is 1.93 bits per heavy atom. The zero-order valence-electron chi connectivity index (χ0n) is 22.2. The summed E-state index contributed by atoms with van der Waals surface area (Å²) >= 11 is 0. The number of phenols is 1. The van der Waals surface area contributed by atoms with Crippen molar-refractivity contribution in [2.24, 2.45) is 20.5 Å². The molecule has 202 valence electrons. The van der Waals surface area contributed by atoms with Crippen LogP contribution in [0.3, 0.4) is 0 Å². The summed E-state index contributed by atoms with van der Waals surface area (Å²) < 4.78 is 69.6. The second kappa shape index (κ2) is 13.3. The smallest absolute Gasteiger partial charge is 0.744 e. The van der Waals surface area contributed by atoms with Crippen LogP contribution in [0.5, 0.6) is 5.75 Å². The second-order valence-corrected chi connectivity index (χ2v) is 11.2. The molecule has 12 nitrogen and oxygen atoms in total. The van der Waals surface area contributed by atoms with Crippen molar-refractivity contribution >= 4 is 70.2 Å². The molecule has 16 heteroatoms. The van der Waals surface area contributed by atoms with E-state index < -0.39 is 35.8 Å². The van der Waals surface area contributed by atoms with Gasteiger partial charge in [-0.2, -0.15) is 5.11 Å². The summed E-state index contributed by atoms with van der Waals surface area (Å²) in [6.07, 6.45) is 0. The van der Waals surface area contributed by atoms with Crippen LogP contribution >= 0.6 is 0 Å². The molecule has 0 aliphatic heterocycles. The Balaban J connectivity index is 0.00000242. The topological polar surface area (TPSA) is 210 Å². The van der Waals surface area contributed by atoms with E-state index in [4.69, 9.17) is 5.73 Å². The predicted octanol–water partition coefficient (Wildman–Crippen LogP) is -0.0722. The minimum Gasteiger partial charge on any atom is -0.744 e. The van der Waals surface area contributed by atoms with Crippen molar-refractivity contribution in [2.75, 3.05) is 5.73 Å². The van der Waals surface area contributed by atoms with Crippen molar-refractivity contribution in [1.29, 1.82) is 0 Å². The molecule has 0 saturated carbocycles. The van der Waals surface area contributed by atoms with E-state index in [1.54, 1.807) is 12.1 Å². The molecule has 0 unspecified atom stereocenters. The average Bonchev–Trinajstić information content (AvgIpc) is 2.91. The number of anilines is 1. The SMILES string of the molecule is Nc1c(N=Nc2ccc(S(=O)(=O)[O-])cc2)cc(S(=O)(=O)[O-])c2ccc(N=Nc3cccc4ccccc34)c(O)c12.[Na+].[Na+]. The van der Waals surface area contributed by atoms with Crippen molar-refractivity contribution in [3.05, 3.63) is 84.9 Å². The van der Waals surface area contributed by atoms with Gasteiger partial charge < -0.3 is 19.9 Å². The quantitative estimate of drug-likeness (QED) is 0.113. The Morgan fingerprint density at radius 2 is 1.26 bits per heavy atom. The van der Waals surface area contributed by atoms with Gasteiger partial charge in [-0.25, -0.2) is 16.8 Å². The molecule has 0 amide bonds. The predicted molar refractivity (Wildman–Crippen MR) is 145 cm³/mol. The summed E-state index contributed by atoms with van der Waals surface area (Å²) in [7, 11) is -9.73. The Kier molecular flexibility index (Phi) is 10.7. The van der Waals surface area contributed by atoms with Gasteiger partial charge in [0.25, 0.3) is 0 Å². The molecular weight excluding hydrogens is 604 g/mol.